The van der Waals surface area contributed by atoms with E-state index in [1.165, 1.54) is 0 Å². The third-order valence-electron chi connectivity index (χ3n) is 3.06. The van der Waals surface area contributed by atoms with Gasteiger partial charge in [0, 0.05) is 0 Å². The van der Waals surface area contributed by atoms with Crippen molar-refractivity contribution in [3.63, 3.8) is 0 Å². The predicted molar refractivity (Wildman–Crippen MR) is 71.5 cm³/mol. The monoisotopic (exact) mass is 290 g/mol. The lowest BCUT2D eigenvalue weighted by molar-refractivity contribution is -0.268. The Balaban J connectivity index is 2.64. The molecule has 1 unspecified atom stereocenters. The molecule has 0 aromatic heterocycles. The third kappa shape index (κ3) is 4.49. The lowest BCUT2D eigenvalue weighted by Gasteiger charge is -2.26. The molecule has 5 heteroatoms. The van der Waals surface area contributed by atoms with Gasteiger partial charge in [-0.15, -0.1) is 0 Å². The van der Waals surface area contributed by atoms with Crippen LogP contribution in [-0.4, -0.2) is 23.5 Å². The summed E-state index contributed by atoms with van der Waals surface area (Å²) >= 11 is 0. The minimum absolute atomic E-state index is 0.0343. The molecule has 0 saturated carbocycles. The van der Waals surface area contributed by atoms with Crippen molar-refractivity contribution in [1.82, 2.24) is 0 Å². The smallest absolute Gasteiger partial charge is 0.379 e. The van der Waals surface area contributed by atoms with Gasteiger partial charge in [0.25, 0.3) is 0 Å². The predicted octanol–water partition coefficient (Wildman–Crippen LogP) is 3.81. The first-order valence-electron chi connectivity index (χ1n) is 6.40. The largest absolute Gasteiger partial charge is 0.419 e. The molecular formula is C15H21F3O2. The van der Waals surface area contributed by atoms with Crippen molar-refractivity contribution >= 4 is 0 Å². The summed E-state index contributed by atoms with van der Waals surface area (Å²) in [5.41, 5.74) is -0.987. The lowest BCUT2D eigenvalue weighted by Crippen LogP contribution is -2.46. The zero-order valence-electron chi connectivity index (χ0n) is 12.2. The molecule has 0 spiro atoms. The summed E-state index contributed by atoms with van der Waals surface area (Å²) in [6, 6.07) is 7.51. The van der Waals surface area contributed by atoms with E-state index in [0.29, 0.717) is 6.92 Å². The zero-order chi connectivity index (χ0) is 15.6. The fraction of sp³-hybridized carbons (Fsp3) is 0.600. The van der Waals surface area contributed by atoms with Crippen molar-refractivity contribution < 1.29 is 23.0 Å². The van der Waals surface area contributed by atoms with E-state index in [1.807, 2.05) is 18.2 Å². The average Bonchev–Trinajstić information content (AvgIpc) is 2.26. The molecule has 0 bridgehead atoms. The molecule has 1 atom stereocenters. The van der Waals surface area contributed by atoms with E-state index in [-0.39, 0.29) is 12.0 Å². The van der Waals surface area contributed by atoms with Crippen LogP contribution in [0.5, 0.6) is 0 Å². The van der Waals surface area contributed by atoms with Crippen molar-refractivity contribution in [2.45, 2.75) is 51.5 Å². The molecule has 1 rings (SSSR count). The number of hydrogen-bond acceptors (Lipinski definition) is 2. The second-order valence-electron chi connectivity index (χ2n) is 6.21. The minimum atomic E-state index is -4.69. The molecule has 0 aliphatic carbocycles. The lowest BCUT2D eigenvalue weighted by atomic mass is 9.86. The highest BCUT2D eigenvalue weighted by molar-refractivity contribution is 5.28. The summed E-state index contributed by atoms with van der Waals surface area (Å²) in [6.07, 6.45) is -4.69. The quantitative estimate of drug-likeness (QED) is 0.913. The molecule has 0 saturated heterocycles. The van der Waals surface area contributed by atoms with Crippen molar-refractivity contribution in [1.29, 1.82) is 0 Å². The summed E-state index contributed by atoms with van der Waals surface area (Å²) in [5.74, 6) is 0. The molecule has 0 radical (unpaired) electrons. The minimum Gasteiger partial charge on any atom is -0.379 e. The van der Waals surface area contributed by atoms with Gasteiger partial charge in [-0.1, -0.05) is 45.0 Å². The fourth-order valence-corrected chi connectivity index (χ4v) is 1.58. The standard InChI is InChI=1S/C15H21F3O2/c1-13(2,3)12-7-5-6-11(8-12)9-20-10-14(4,19)15(16,17)18/h5-8,19H,9-10H2,1-4H3. The van der Waals surface area contributed by atoms with Gasteiger partial charge in [-0.3, -0.25) is 0 Å². The van der Waals surface area contributed by atoms with E-state index in [1.54, 1.807) is 6.07 Å². The molecule has 0 fully saturated rings. The number of benzene rings is 1. The molecule has 1 aromatic rings. The van der Waals surface area contributed by atoms with Crippen LogP contribution in [0.25, 0.3) is 0 Å². The first-order valence-corrected chi connectivity index (χ1v) is 6.40. The van der Waals surface area contributed by atoms with Gasteiger partial charge in [0.1, 0.15) is 0 Å². The Bertz CT molecular complexity index is 445. The Morgan fingerprint density at radius 1 is 1.10 bits per heavy atom. The van der Waals surface area contributed by atoms with Crippen molar-refractivity contribution in [3.05, 3.63) is 35.4 Å². The third-order valence-corrected chi connectivity index (χ3v) is 3.06. The number of ether oxygens (including phenoxy) is 1. The Labute approximate surface area is 117 Å². The van der Waals surface area contributed by atoms with Crippen molar-refractivity contribution in [2.24, 2.45) is 0 Å². The van der Waals surface area contributed by atoms with Gasteiger partial charge in [0.2, 0.25) is 0 Å². The second-order valence-corrected chi connectivity index (χ2v) is 6.21. The molecule has 1 aromatic carbocycles. The summed E-state index contributed by atoms with van der Waals surface area (Å²) in [7, 11) is 0. The van der Waals surface area contributed by atoms with Gasteiger partial charge in [-0.05, 0) is 23.5 Å². The Kier molecular flexibility index (Phi) is 4.87. The fourth-order valence-electron chi connectivity index (χ4n) is 1.58. The maximum Gasteiger partial charge on any atom is 0.419 e. The number of rotatable bonds is 4. The molecule has 114 valence electrons. The van der Waals surface area contributed by atoms with Gasteiger partial charge in [0.05, 0.1) is 13.2 Å². The highest BCUT2D eigenvalue weighted by atomic mass is 19.4. The topological polar surface area (TPSA) is 29.5 Å². The van der Waals surface area contributed by atoms with Crippen LogP contribution in [0.2, 0.25) is 0 Å². The normalized spacial score (nSPS) is 16.0. The first-order chi connectivity index (χ1) is 8.93. The first kappa shape index (κ1) is 17.0. The zero-order valence-corrected chi connectivity index (χ0v) is 12.2. The second kappa shape index (κ2) is 5.74. The summed E-state index contributed by atoms with van der Waals surface area (Å²) in [5, 5.41) is 9.26. The van der Waals surface area contributed by atoms with Crippen LogP contribution in [0.1, 0.15) is 38.8 Å². The van der Waals surface area contributed by atoms with Crippen LogP contribution >= 0.6 is 0 Å². The van der Waals surface area contributed by atoms with Crippen LogP contribution in [0.15, 0.2) is 24.3 Å². The Morgan fingerprint density at radius 2 is 1.70 bits per heavy atom. The summed E-state index contributed by atoms with van der Waals surface area (Å²) < 4.78 is 42.4. The summed E-state index contributed by atoms with van der Waals surface area (Å²) in [4.78, 5) is 0. The van der Waals surface area contributed by atoms with Crippen LogP contribution in [0.4, 0.5) is 13.2 Å². The van der Waals surface area contributed by atoms with Gasteiger partial charge < -0.3 is 9.84 Å². The molecular weight excluding hydrogens is 269 g/mol. The average molecular weight is 290 g/mol. The van der Waals surface area contributed by atoms with E-state index in [4.69, 9.17) is 4.74 Å². The molecule has 0 aliphatic heterocycles. The molecule has 1 N–H and O–H groups in total. The molecule has 0 amide bonds. The van der Waals surface area contributed by atoms with Crippen molar-refractivity contribution in [2.75, 3.05) is 6.61 Å². The molecule has 2 nitrogen and oxygen atoms in total. The number of halogens is 3. The van der Waals surface area contributed by atoms with Gasteiger partial charge in [-0.25, -0.2) is 0 Å². The number of alkyl halides is 3. The van der Waals surface area contributed by atoms with E-state index >= 15 is 0 Å². The van der Waals surface area contributed by atoms with E-state index in [2.05, 4.69) is 20.8 Å². The number of aliphatic hydroxyl groups is 1. The maximum atomic E-state index is 12.4. The van der Waals surface area contributed by atoms with Gasteiger partial charge >= 0.3 is 6.18 Å². The van der Waals surface area contributed by atoms with E-state index in [0.717, 1.165) is 11.1 Å². The molecule has 0 aliphatic rings. The highest BCUT2D eigenvalue weighted by Gasteiger charge is 2.50. The van der Waals surface area contributed by atoms with E-state index < -0.39 is 18.4 Å². The molecule has 20 heavy (non-hydrogen) atoms. The van der Waals surface area contributed by atoms with Gasteiger partial charge in [-0.2, -0.15) is 13.2 Å². The Hall–Kier alpha value is -1.07. The van der Waals surface area contributed by atoms with Crippen LogP contribution in [0.3, 0.4) is 0 Å². The van der Waals surface area contributed by atoms with E-state index in [9.17, 15) is 18.3 Å². The van der Waals surface area contributed by atoms with Crippen LogP contribution in [0, 0.1) is 0 Å². The number of hydrogen-bond donors (Lipinski definition) is 1. The highest BCUT2D eigenvalue weighted by Crippen LogP contribution is 2.30. The van der Waals surface area contributed by atoms with Crippen LogP contribution < -0.4 is 0 Å². The van der Waals surface area contributed by atoms with Crippen molar-refractivity contribution in [3.8, 4) is 0 Å². The van der Waals surface area contributed by atoms with Gasteiger partial charge in [0.15, 0.2) is 5.60 Å². The maximum absolute atomic E-state index is 12.4. The molecule has 0 heterocycles. The van der Waals surface area contributed by atoms with Crippen LogP contribution in [-0.2, 0) is 16.8 Å². The SMILES string of the molecule is CC(C)(C)c1cccc(COCC(C)(O)C(F)(F)F)c1. The Morgan fingerprint density at radius 3 is 2.20 bits per heavy atom. The summed E-state index contributed by atoms with van der Waals surface area (Å²) in [6.45, 7) is 6.13.